The number of anilines is 1. The van der Waals surface area contributed by atoms with Crippen LogP contribution in [0.3, 0.4) is 0 Å². The number of aryl methyl sites for hydroxylation is 1. The molecule has 0 unspecified atom stereocenters. The van der Waals surface area contributed by atoms with Crippen LogP contribution in [0, 0.1) is 0 Å². The molecule has 0 bridgehead atoms. The second kappa shape index (κ2) is 9.77. The maximum Gasteiger partial charge on any atom is 0.230 e. The fraction of sp³-hybridized carbons (Fsp3) is 0.458. The van der Waals surface area contributed by atoms with Gasteiger partial charge in [0.2, 0.25) is 5.91 Å². The third-order valence-electron chi connectivity index (χ3n) is 6.04. The van der Waals surface area contributed by atoms with Gasteiger partial charge in [0.25, 0.3) is 0 Å². The number of ether oxygens (including phenoxy) is 1. The normalized spacial score (nSPS) is 19.0. The van der Waals surface area contributed by atoms with Gasteiger partial charge in [0.05, 0.1) is 23.3 Å². The smallest absolute Gasteiger partial charge is 0.230 e. The van der Waals surface area contributed by atoms with Gasteiger partial charge >= 0.3 is 0 Å². The van der Waals surface area contributed by atoms with Crippen LogP contribution in [-0.2, 0) is 29.0 Å². The van der Waals surface area contributed by atoms with Crippen molar-refractivity contribution in [1.82, 2.24) is 15.3 Å². The van der Waals surface area contributed by atoms with Crippen LogP contribution >= 0.6 is 23.1 Å². The van der Waals surface area contributed by atoms with Gasteiger partial charge in [-0.15, -0.1) is 11.3 Å². The Hall–Kier alpha value is -2.16. The summed E-state index contributed by atoms with van der Waals surface area (Å²) in [6, 6.07) is 10.4. The zero-order valence-electron chi connectivity index (χ0n) is 18.8. The van der Waals surface area contributed by atoms with E-state index < -0.39 is 0 Å². The number of hydrogen-bond acceptors (Lipinski definition) is 7. The Morgan fingerprint density at radius 2 is 2.12 bits per heavy atom. The van der Waals surface area contributed by atoms with Crippen LogP contribution in [0.15, 0.2) is 35.5 Å². The number of nitrogens with zero attached hydrogens (tertiary/aromatic N) is 2. The number of thiophene rings is 1. The standard InChI is InChI=1S/C24H30N4O2S2/c1-4-24(3)12-17-18(13-30-24)32-22-20(17)21(25)27-23(28-22)31-14-19(29)26-15(2)10-11-16-8-6-5-7-9-16/h5-9,15H,4,10-14H2,1-3H3,(H,26,29)(H2,25,27,28)/t15-,24-/m1/s1. The van der Waals surface area contributed by atoms with Gasteiger partial charge in [-0.3, -0.25) is 4.79 Å². The molecule has 0 saturated carbocycles. The molecule has 0 spiro atoms. The Balaban J connectivity index is 1.36. The van der Waals surface area contributed by atoms with Crippen LogP contribution in [0.4, 0.5) is 5.82 Å². The lowest BCUT2D eigenvalue weighted by atomic mass is 9.90. The van der Waals surface area contributed by atoms with Crippen LogP contribution in [0.5, 0.6) is 0 Å². The second-order valence-electron chi connectivity index (χ2n) is 8.63. The number of fused-ring (bicyclic) bond motifs is 3. The zero-order chi connectivity index (χ0) is 22.7. The molecule has 8 heteroatoms. The third-order valence-corrected chi connectivity index (χ3v) is 7.99. The molecule has 6 nitrogen and oxygen atoms in total. The molecule has 2 aromatic heterocycles. The van der Waals surface area contributed by atoms with E-state index in [1.54, 1.807) is 11.3 Å². The van der Waals surface area contributed by atoms with Gasteiger partial charge in [0, 0.05) is 17.3 Å². The number of benzene rings is 1. The predicted octanol–water partition coefficient (Wildman–Crippen LogP) is 4.74. The van der Waals surface area contributed by atoms with Gasteiger partial charge in [-0.2, -0.15) is 0 Å². The minimum absolute atomic E-state index is 0.0181. The van der Waals surface area contributed by atoms with Gasteiger partial charge in [0.15, 0.2) is 5.16 Å². The number of nitrogen functional groups attached to an aromatic ring is 1. The highest BCUT2D eigenvalue weighted by atomic mass is 32.2. The van der Waals surface area contributed by atoms with E-state index in [0.717, 1.165) is 35.9 Å². The molecule has 3 aromatic rings. The number of thioether (sulfide) groups is 1. The van der Waals surface area contributed by atoms with E-state index in [1.165, 1.54) is 27.8 Å². The van der Waals surface area contributed by atoms with Crippen LogP contribution in [-0.4, -0.2) is 33.3 Å². The van der Waals surface area contributed by atoms with Crippen molar-refractivity contribution in [2.45, 2.75) is 69.9 Å². The van der Waals surface area contributed by atoms with Crippen molar-refractivity contribution in [3.8, 4) is 0 Å². The third kappa shape index (κ3) is 5.24. The maximum atomic E-state index is 12.4. The van der Waals surface area contributed by atoms with E-state index in [9.17, 15) is 4.79 Å². The quantitative estimate of drug-likeness (QED) is 0.365. The van der Waals surface area contributed by atoms with Gasteiger partial charge in [-0.1, -0.05) is 49.0 Å². The van der Waals surface area contributed by atoms with Crippen molar-refractivity contribution in [1.29, 1.82) is 0 Å². The lowest BCUT2D eigenvalue weighted by Crippen LogP contribution is -2.34. The summed E-state index contributed by atoms with van der Waals surface area (Å²) in [5.41, 5.74) is 8.67. The summed E-state index contributed by atoms with van der Waals surface area (Å²) < 4.78 is 6.07. The molecule has 170 valence electrons. The Morgan fingerprint density at radius 1 is 1.34 bits per heavy atom. The lowest BCUT2D eigenvalue weighted by Gasteiger charge is -2.33. The molecule has 1 aromatic carbocycles. The summed E-state index contributed by atoms with van der Waals surface area (Å²) in [5.74, 6) is 0.741. The first-order valence-electron chi connectivity index (χ1n) is 11.0. The topological polar surface area (TPSA) is 90.1 Å². The minimum atomic E-state index is -0.170. The summed E-state index contributed by atoms with van der Waals surface area (Å²) in [5, 5.41) is 4.56. The molecule has 3 N–H and O–H groups in total. The first kappa shape index (κ1) is 23.0. The highest BCUT2D eigenvalue weighted by Gasteiger charge is 2.33. The fourth-order valence-corrected chi connectivity index (χ4v) is 5.75. The summed E-state index contributed by atoms with van der Waals surface area (Å²) in [6.07, 6.45) is 3.60. The molecule has 2 atom stereocenters. The van der Waals surface area contributed by atoms with Crippen LogP contribution in [0.1, 0.15) is 49.6 Å². The Labute approximate surface area is 197 Å². The van der Waals surface area contributed by atoms with E-state index in [4.69, 9.17) is 15.5 Å². The summed E-state index contributed by atoms with van der Waals surface area (Å²) >= 11 is 2.94. The highest BCUT2D eigenvalue weighted by Crippen LogP contribution is 2.41. The SMILES string of the molecule is CC[C@]1(C)Cc2c(sc3nc(SCC(=O)N[C@H](C)CCc4ccccc4)nc(N)c23)CO1. The largest absolute Gasteiger partial charge is 0.383 e. The molecule has 1 aliphatic heterocycles. The average molecular weight is 471 g/mol. The van der Waals surface area contributed by atoms with E-state index in [1.807, 2.05) is 25.1 Å². The van der Waals surface area contributed by atoms with Crippen molar-refractivity contribution in [3.05, 3.63) is 46.3 Å². The Bertz CT molecular complexity index is 1100. The molecule has 1 aliphatic rings. The first-order chi connectivity index (χ1) is 15.4. The predicted molar refractivity (Wildman–Crippen MR) is 132 cm³/mol. The fourth-order valence-electron chi connectivity index (χ4n) is 3.92. The van der Waals surface area contributed by atoms with E-state index in [2.05, 4.69) is 36.3 Å². The Morgan fingerprint density at radius 3 is 2.88 bits per heavy atom. The monoisotopic (exact) mass is 470 g/mol. The summed E-state index contributed by atoms with van der Waals surface area (Å²) in [4.78, 5) is 23.7. The van der Waals surface area contributed by atoms with Crippen LogP contribution < -0.4 is 11.1 Å². The Kier molecular flexibility index (Phi) is 7.02. The second-order valence-corrected chi connectivity index (χ2v) is 10.7. The van der Waals surface area contributed by atoms with Crippen molar-refractivity contribution in [2.24, 2.45) is 0 Å². The molecule has 32 heavy (non-hydrogen) atoms. The number of nitrogens with one attached hydrogen (secondary N) is 1. The zero-order valence-corrected chi connectivity index (χ0v) is 20.4. The number of nitrogens with two attached hydrogens (primary N) is 1. The van der Waals surface area contributed by atoms with Gasteiger partial charge in [-0.25, -0.2) is 9.97 Å². The average Bonchev–Trinajstić information content (AvgIpc) is 3.14. The van der Waals surface area contributed by atoms with Crippen LogP contribution in [0.2, 0.25) is 0 Å². The summed E-state index contributed by atoms with van der Waals surface area (Å²) in [6.45, 7) is 6.90. The minimum Gasteiger partial charge on any atom is -0.383 e. The van der Waals surface area contributed by atoms with E-state index in [0.29, 0.717) is 17.6 Å². The molecular weight excluding hydrogens is 440 g/mol. The van der Waals surface area contributed by atoms with Gasteiger partial charge in [0.1, 0.15) is 10.6 Å². The van der Waals surface area contributed by atoms with Crippen LogP contribution in [0.25, 0.3) is 10.2 Å². The molecule has 0 fully saturated rings. The number of carbonyl (C=O) groups excluding carboxylic acids is 1. The maximum absolute atomic E-state index is 12.4. The van der Waals surface area contributed by atoms with E-state index in [-0.39, 0.29) is 23.3 Å². The van der Waals surface area contributed by atoms with Gasteiger partial charge < -0.3 is 15.8 Å². The number of aromatic nitrogens is 2. The molecule has 0 saturated heterocycles. The number of carbonyl (C=O) groups is 1. The summed E-state index contributed by atoms with van der Waals surface area (Å²) in [7, 11) is 0. The van der Waals surface area contributed by atoms with Crippen molar-refractivity contribution in [2.75, 3.05) is 11.5 Å². The molecule has 0 aliphatic carbocycles. The molecule has 1 amide bonds. The number of amides is 1. The van der Waals surface area contributed by atoms with Crippen molar-refractivity contribution in [3.63, 3.8) is 0 Å². The highest BCUT2D eigenvalue weighted by molar-refractivity contribution is 7.99. The van der Waals surface area contributed by atoms with Crippen molar-refractivity contribution < 1.29 is 9.53 Å². The molecule has 4 rings (SSSR count). The molecule has 0 radical (unpaired) electrons. The van der Waals surface area contributed by atoms with Crippen molar-refractivity contribution >= 4 is 45.0 Å². The lowest BCUT2D eigenvalue weighted by molar-refractivity contribution is -0.119. The van der Waals surface area contributed by atoms with E-state index >= 15 is 0 Å². The number of hydrogen-bond donors (Lipinski definition) is 2. The van der Waals surface area contributed by atoms with Gasteiger partial charge in [-0.05, 0) is 44.2 Å². The first-order valence-corrected chi connectivity index (χ1v) is 12.8. The molecule has 3 heterocycles. The number of rotatable bonds is 8. The molecular formula is C24H30N4O2S2.